The lowest BCUT2D eigenvalue weighted by Crippen LogP contribution is -1.89. The van der Waals surface area contributed by atoms with Crippen molar-refractivity contribution in [2.24, 2.45) is 0 Å². The van der Waals surface area contributed by atoms with Crippen molar-refractivity contribution in [2.75, 3.05) is 0 Å². The van der Waals surface area contributed by atoms with Gasteiger partial charge in [-0.05, 0) is 0 Å². The predicted molar refractivity (Wildman–Crippen MR) is 47.3 cm³/mol. The molecule has 0 aliphatic carbocycles. The van der Waals surface area contributed by atoms with Crippen LogP contribution in [0, 0.1) is 0 Å². The number of hydrogen-bond acceptors (Lipinski definition) is 2. The highest BCUT2D eigenvalue weighted by Crippen LogP contribution is 1.85. The normalized spacial score (nSPS) is 11.7. The zero-order chi connectivity index (χ0) is 10.1. The molecule has 2 N–H and O–H groups in total. The number of carbonyl (C=O) groups is 2. The lowest BCUT2D eigenvalue weighted by Gasteiger charge is -1.79. The summed E-state index contributed by atoms with van der Waals surface area (Å²) >= 11 is 0. The van der Waals surface area contributed by atoms with E-state index in [2.05, 4.69) is 0 Å². The van der Waals surface area contributed by atoms with E-state index in [4.69, 9.17) is 10.2 Å². The van der Waals surface area contributed by atoms with Gasteiger partial charge in [-0.2, -0.15) is 0 Å². The smallest absolute Gasteiger partial charge is 0.328 e. The summed E-state index contributed by atoms with van der Waals surface area (Å²) in [6, 6.07) is 0. The minimum Gasteiger partial charge on any atom is -0.481 e. The molecular weight excluding hydrogens is 172 g/mol. The summed E-state index contributed by atoms with van der Waals surface area (Å²) in [7, 11) is 0. The molecule has 0 saturated heterocycles. The van der Waals surface area contributed by atoms with Crippen LogP contribution < -0.4 is 0 Å². The van der Waals surface area contributed by atoms with Crippen molar-refractivity contribution in [3.63, 3.8) is 0 Å². The summed E-state index contributed by atoms with van der Waals surface area (Å²) in [4.78, 5) is 20.0. The van der Waals surface area contributed by atoms with E-state index in [0.29, 0.717) is 0 Å². The van der Waals surface area contributed by atoms with Crippen molar-refractivity contribution in [2.45, 2.75) is 6.42 Å². The molecule has 70 valence electrons. The van der Waals surface area contributed by atoms with E-state index in [1.165, 1.54) is 18.2 Å². The first-order valence-electron chi connectivity index (χ1n) is 3.57. The molecular formula is C9H10O4. The number of rotatable bonds is 5. The fourth-order valence-electron chi connectivity index (χ4n) is 0.514. The Balaban J connectivity index is 3.69. The van der Waals surface area contributed by atoms with Crippen LogP contribution in [0.1, 0.15) is 6.42 Å². The molecule has 0 aromatic rings. The second-order valence-electron chi connectivity index (χ2n) is 2.11. The molecule has 0 amide bonds. The zero-order valence-corrected chi connectivity index (χ0v) is 6.88. The van der Waals surface area contributed by atoms with Gasteiger partial charge in [-0.1, -0.05) is 30.4 Å². The van der Waals surface area contributed by atoms with Gasteiger partial charge in [-0.3, -0.25) is 4.79 Å². The number of allylic oxidation sites excluding steroid dienone is 4. The van der Waals surface area contributed by atoms with Crippen LogP contribution in [0.5, 0.6) is 0 Å². The van der Waals surface area contributed by atoms with Gasteiger partial charge in [0.1, 0.15) is 0 Å². The third-order valence-electron chi connectivity index (χ3n) is 1.00. The number of aliphatic carboxylic acids is 2. The zero-order valence-electron chi connectivity index (χ0n) is 6.88. The van der Waals surface area contributed by atoms with Crippen LogP contribution in [0.15, 0.2) is 36.5 Å². The summed E-state index contributed by atoms with van der Waals surface area (Å²) in [5, 5.41) is 16.4. The molecule has 0 aromatic carbocycles. The molecule has 13 heavy (non-hydrogen) atoms. The molecule has 0 fully saturated rings. The van der Waals surface area contributed by atoms with E-state index in [-0.39, 0.29) is 6.42 Å². The highest BCUT2D eigenvalue weighted by Gasteiger charge is 1.86. The van der Waals surface area contributed by atoms with E-state index in [1.807, 2.05) is 0 Å². The van der Waals surface area contributed by atoms with Crippen molar-refractivity contribution in [3.05, 3.63) is 36.5 Å². The maximum Gasteiger partial charge on any atom is 0.328 e. The molecule has 4 nitrogen and oxygen atoms in total. The maximum atomic E-state index is 10.0. The Bertz CT molecular complexity index is 261. The van der Waals surface area contributed by atoms with E-state index < -0.39 is 11.9 Å². The Hall–Kier alpha value is -1.84. The lowest BCUT2D eigenvalue weighted by atomic mass is 10.3. The molecule has 0 aliphatic heterocycles. The second-order valence-corrected chi connectivity index (χ2v) is 2.11. The summed E-state index contributed by atoms with van der Waals surface area (Å²) in [5.74, 6) is -1.91. The monoisotopic (exact) mass is 182 g/mol. The van der Waals surface area contributed by atoms with Crippen molar-refractivity contribution in [1.82, 2.24) is 0 Å². The van der Waals surface area contributed by atoms with Crippen LogP contribution in [0.2, 0.25) is 0 Å². The lowest BCUT2D eigenvalue weighted by molar-refractivity contribution is -0.136. The Kier molecular flexibility index (Phi) is 5.88. The molecule has 0 heterocycles. The fourth-order valence-corrected chi connectivity index (χ4v) is 0.514. The van der Waals surface area contributed by atoms with Crippen LogP contribution in [0.4, 0.5) is 0 Å². The topological polar surface area (TPSA) is 74.6 Å². The van der Waals surface area contributed by atoms with Gasteiger partial charge in [0.15, 0.2) is 0 Å². The number of hydrogen-bond donors (Lipinski definition) is 2. The molecule has 0 bridgehead atoms. The Labute approximate surface area is 75.5 Å². The molecule has 0 aliphatic rings. The van der Waals surface area contributed by atoms with Crippen LogP contribution in [-0.2, 0) is 9.59 Å². The van der Waals surface area contributed by atoms with Crippen molar-refractivity contribution >= 4 is 11.9 Å². The maximum absolute atomic E-state index is 10.0. The Morgan fingerprint density at radius 1 is 1.00 bits per heavy atom. The number of carboxylic acids is 2. The fraction of sp³-hybridized carbons (Fsp3) is 0.111. The van der Waals surface area contributed by atoms with E-state index >= 15 is 0 Å². The number of carboxylic acid groups (broad SMARTS) is 2. The molecule has 0 radical (unpaired) electrons. The first-order chi connectivity index (χ1) is 6.13. The quantitative estimate of drug-likeness (QED) is 0.495. The Morgan fingerprint density at radius 3 is 2.15 bits per heavy atom. The minimum absolute atomic E-state index is 0.0347. The first-order valence-corrected chi connectivity index (χ1v) is 3.57. The van der Waals surface area contributed by atoms with Gasteiger partial charge in [0.25, 0.3) is 0 Å². The predicted octanol–water partition coefficient (Wildman–Crippen LogP) is 1.21. The average Bonchev–Trinajstić information content (AvgIpc) is 2.01. The van der Waals surface area contributed by atoms with Gasteiger partial charge in [0, 0.05) is 6.08 Å². The molecule has 0 atom stereocenters. The van der Waals surface area contributed by atoms with Crippen molar-refractivity contribution in [1.29, 1.82) is 0 Å². The van der Waals surface area contributed by atoms with Gasteiger partial charge in [0.2, 0.25) is 0 Å². The van der Waals surface area contributed by atoms with Crippen LogP contribution >= 0.6 is 0 Å². The molecule has 0 saturated carbocycles. The van der Waals surface area contributed by atoms with Crippen LogP contribution in [0.3, 0.4) is 0 Å². The van der Waals surface area contributed by atoms with Gasteiger partial charge < -0.3 is 10.2 Å². The first kappa shape index (κ1) is 11.2. The molecule has 0 spiro atoms. The van der Waals surface area contributed by atoms with Crippen molar-refractivity contribution < 1.29 is 19.8 Å². The highest BCUT2D eigenvalue weighted by molar-refractivity contribution is 5.80. The average molecular weight is 182 g/mol. The third kappa shape index (κ3) is 10.2. The Morgan fingerprint density at radius 2 is 1.62 bits per heavy atom. The van der Waals surface area contributed by atoms with E-state index in [0.717, 1.165) is 6.08 Å². The summed E-state index contributed by atoms with van der Waals surface area (Å²) in [6.45, 7) is 0. The standard InChI is InChI=1S/C9H10O4/c10-8(11)6-4-2-1-3-5-7-9(12)13/h1-6H,7H2,(H,10,11)(H,12,13)/b2-1+,5-3+,6-4+. The van der Waals surface area contributed by atoms with Crippen LogP contribution in [0.25, 0.3) is 0 Å². The molecule has 0 aromatic heterocycles. The van der Waals surface area contributed by atoms with Crippen molar-refractivity contribution in [3.8, 4) is 0 Å². The SMILES string of the molecule is O=C(O)/C=C/C=C/C=C/CC(=O)O. The molecule has 0 unspecified atom stereocenters. The largest absolute Gasteiger partial charge is 0.481 e. The van der Waals surface area contributed by atoms with E-state index in [1.54, 1.807) is 12.2 Å². The van der Waals surface area contributed by atoms with Crippen LogP contribution in [-0.4, -0.2) is 22.2 Å². The molecule has 0 rings (SSSR count). The summed E-state index contributed by atoms with van der Waals surface area (Å²) in [6.07, 6.45) is 8.38. The van der Waals surface area contributed by atoms with Gasteiger partial charge in [-0.25, -0.2) is 4.79 Å². The minimum atomic E-state index is -1.01. The molecule has 4 heteroatoms. The summed E-state index contributed by atoms with van der Waals surface area (Å²) in [5.41, 5.74) is 0. The van der Waals surface area contributed by atoms with Gasteiger partial charge >= 0.3 is 11.9 Å². The van der Waals surface area contributed by atoms with Gasteiger partial charge in [0.05, 0.1) is 6.42 Å². The third-order valence-corrected chi connectivity index (χ3v) is 1.00. The van der Waals surface area contributed by atoms with Gasteiger partial charge in [-0.15, -0.1) is 0 Å². The second kappa shape index (κ2) is 6.84. The summed E-state index contributed by atoms with van der Waals surface area (Å²) < 4.78 is 0. The van der Waals surface area contributed by atoms with E-state index in [9.17, 15) is 9.59 Å². The highest BCUT2D eigenvalue weighted by atomic mass is 16.4.